The van der Waals surface area contributed by atoms with Gasteiger partial charge in [0.05, 0.1) is 25.9 Å². The summed E-state index contributed by atoms with van der Waals surface area (Å²) in [4.78, 5) is 21.6. The molecule has 2 heterocycles. The van der Waals surface area contributed by atoms with Crippen LogP contribution in [0.25, 0.3) is 0 Å². The van der Waals surface area contributed by atoms with Gasteiger partial charge in [0.1, 0.15) is 11.6 Å². The quantitative estimate of drug-likeness (QED) is 0.797. The highest BCUT2D eigenvalue weighted by atomic mass is 16.5. The summed E-state index contributed by atoms with van der Waals surface area (Å²) in [6.45, 7) is 6.00. The Morgan fingerprint density at radius 2 is 1.96 bits per heavy atom. The number of benzene rings is 1. The highest BCUT2D eigenvalue weighted by Gasteiger charge is 2.23. The molecule has 0 atom stereocenters. The number of rotatable bonds is 6. The standard InChI is InChI=1S/C20H25N3O3/c1-3-22(15-16-6-8-17(25-2)9-7-16)20(24)18-5-4-10-21-19(18)23-11-13-26-14-12-23/h4-10H,3,11-15H2,1-2H3. The molecule has 1 aromatic heterocycles. The first kappa shape index (κ1) is 18.2. The molecule has 0 N–H and O–H groups in total. The lowest BCUT2D eigenvalue weighted by Gasteiger charge is -2.30. The fourth-order valence-electron chi connectivity index (χ4n) is 3.04. The number of nitrogens with zero attached hydrogens (tertiary/aromatic N) is 3. The Labute approximate surface area is 154 Å². The average Bonchev–Trinajstić information content (AvgIpc) is 2.72. The maximum atomic E-state index is 13.2. The summed E-state index contributed by atoms with van der Waals surface area (Å²) < 4.78 is 10.6. The molecule has 0 aliphatic carbocycles. The van der Waals surface area contributed by atoms with Gasteiger partial charge in [-0.15, -0.1) is 0 Å². The van der Waals surface area contributed by atoms with E-state index in [1.54, 1.807) is 13.3 Å². The first-order valence-electron chi connectivity index (χ1n) is 8.93. The highest BCUT2D eigenvalue weighted by molar-refractivity contribution is 5.98. The summed E-state index contributed by atoms with van der Waals surface area (Å²) >= 11 is 0. The molecule has 6 heteroatoms. The van der Waals surface area contributed by atoms with Gasteiger partial charge in [0, 0.05) is 32.4 Å². The molecule has 1 fully saturated rings. The number of carbonyl (C=O) groups is 1. The maximum Gasteiger partial charge on any atom is 0.257 e. The first-order chi connectivity index (χ1) is 12.7. The van der Waals surface area contributed by atoms with Crippen molar-refractivity contribution in [1.82, 2.24) is 9.88 Å². The van der Waals surface area contributed by atoms with Crippen molar-refractivity contribution in [2.45, 2.75) is 13.5 Å². The molecule has 3 rings (SSSR count). The van der Waals surface area contributed by atoms with E-state index in [4.69, 9.17) is 9.47 Å². The van der Waals surface area contributed by atoms with Gasteiger partial charge in [0.2, 0.25) is 0 Å². The van der Waals surface area contributed by atoms with Gasteiger partial charge in [0.15, 0.2) is 0 Å². The Balaban J connectivity index is 1.79. The lowest BCUT2D eigenvalue weighted by molar-refractivity contribution is 0.0751. The van der Waals surface area contributed by atoms with E-state index in [0.29, 0.717) is 31.9 Å². The molecular weight excluding hydrogens is 330 g/mol. The van der Waals surface area contributed by atoms with Crippen LogP contribution < -0.4 is 9.64 Å². The molecule has 0 bridgehead atoms. The molecule has 0 radical (unpaired) electrons. The number of morpholine rings is 1. The van der Waals surface area contributed by atoms with Crippen LogP contribution in [0.3, 0.4) is 0 Å². The molecular formula is C20H25N3O3. The van der Waals surface area contributed by atoms with Gasteiger partial charge in [0.25, 0.3) is 5.91 Å². The summed E-state index contributed by atoms with van der Waals surface area (Å²) in [6, 6.07) is 11.5. The lowest BCUT2D eigenvalue weighted by atomic mass is 10.1. The van der Waals surface area contributed by atoms with E-state index in [1.807, 2.05) is 48.2 Å². The number of anilines is 1. The predicted octanol–water partition coefficient (Wildman–Crippen LogP) is 2.59. The summed E-state index contributed by atoms with van der Waals surface area (Å²) in [5.41, 5.74) is 1.71. The number of aromatic nitrogens is 1. The molecule has 26 heavy (non-hydrogen) atoms. The second-order valence-corrected chi connectivity index (χ2v) is 6.14. The van der Waals surface area contributed by atoms with Gasteiger partial charge in [-0.05, 0) is 36.8 Å². The zero-order chi connectivity index (χ0) is 18.4. The van der Waals surface area contributed by atoms with Crippen LogP contribution in [0.5, 0.6) is 5.75 Å². The van der Waals surface area contributed by atoms with Crippen LogP contribution in [0.2, 0.25) is 0 Å². The topological polar surface area (TPSA) is 54.9 Å². The van der Waals surface area contributed by atoms with E-state index in [1.165, 1.54) is 0 Å². The minimum atomic E-state index is -0.00194. The van der Waals surface area contributed by atoms with E-state index in [0.717, 1.165) is 30.2 Å². The molecule has 2 aromatic rings. The number of hydrogen-bond donors (Lipinski definition) is 0. The average molecular weight is 355 g/mol. The van der Waals surface area contributed by atoms with Crippen molar-refractivity contribution in [2.75, 3.05) is 44.9 Å². The third kappa shape index (κ3) is 4.14. The number of methoxy groups -OCH3 is 1. The normalized spacial score (nSPS) is 14.2. The third-order valence-electron chi connectivity index (χ3n) is 4.53. The molecule has 1 aromatic carbocycles. The van der Waals surface area contributed by atoms with Crippen LogP contribution in [-0.4, -0.2) is 55.7 Å². The van der Waals surface area contributed by atoms with Crippen LogP contribution in [0.4, 0.5) is 5.82 Å². The summed E-state index contributed by atoms with van der Waals surface area (Å²) in [7, 11) is 1.65. The Kier molecular flexibility index (Phi) is 6.07. The number of pyridine rings is 1. The van der Waals surface area contributed by atoms with Crippen LogP contribution in [0.1, 0.15) is 22.8 Å². The molecule has 0 unspecified atom stereocenters. The minimum absolute atomic E-state index is 0.00194. The van der Waals surface area contributed by atoms with Crippen molar-refractivity contribution >= 4 is 11.7 Å². The minimum Gasteiger partial charge on any atom is -0.497 e. The van der Waals surface area contributed by atoms with Crippen molar-refractivity contribution in [3.8, 4) is 5.75 Å². The van der Waals surface area contributed by atoms with E-state index in [9.17, 15) is 4.79 Å². The van der Waals surface area contributed by atoms with Gasteiger partial charge in [-0.3, -0.25) is 4.79 Å². The fraction of sp³-hybridized carbons (Fsp3) is 0.400. The third-order valence-corrected chi connectivity index (χ3v) is 4.53. The van der Waals surface area contributed by atoms with Crippen LogP contribution >= 0.6 is 0 Å². The molecule has 138 valence electrons. The van der Waals surface area contributed by atoms with Crippen molar-refractivity contribution in [1.29, 1.82) is 0 Å². The molecule has 0 saturated carbocycles. The first-order valence-corrected chi connectivity index (χ1v) is 8.93. The molecule has 1 saturated heterocycles. The van der Waals surface area contributed by atoms with Gasteiger partial charge in [-0.25, -0.2) is 4.98 Å². The van der Waals surface area contributed by atoms with Gasteiger partial charge in [-0.1, -0.05) is 12.1 Å². The number of hydrogen-bond acceptors (Lipinski definition) is 5. The SMILES string of the molecule is CCN(Cc1ccc(OC)cc1)C(=O)c1cccnc1N1CCOCC1. The van der Waals surface area contributed by atoms with Crippen molar-refractivity contribution in [2.24, 2.45) is 0 Å². The highest BCUT2D eigenvalue weighted by Crippen LogP contribution is 2.21. The zero-order valence-corrected chi connectivity index (χ0v) is 15.4. The van der Waals surface area contributed by atoms with Gasteiger partial charge >= 0.3 is 0 Å². The van der Waals surface area contributed by atoms with Gasteiger partial charge in [-0.2, -0.15) is 0 Å². The molecule has 1 aliphatic rings. The largest absolute Gasteiger partial charge is 0.497 e. The van der Waals surface area contributed by atoms with E-state index in [-0.39, 0.29) is 5.91 Å². The molecule has 1 aliphatic heterocycles. The summed E-state index contributed by atoms with van der Waals surface area (Å²) in [5.74, 6) is 1.55. The number of ether oxygens (including phenoxy) is 2. The fourth-order valence-corrected chi connectivity index (χ4v) is 3.04. The smallest absolute Gasteiger partial charge is 0.257 e. The molecule has 6 nitrogen and oxygen atoms in total. The Hall–Kier alpha value is -2.60. The Morgan fingerprint density at radius 3 is 2.62 bits per heavy atom. The van der Waals surface area contributed by atoms with Crippen molar-refractivity contribution < 1.29 is 14.3 Å². The second-order valence-electron chi connectivity index (χ2n) is 6.14. The van der Waals surface area contributed by atoms with Crippen LogP contribution in [0, 0.1) is 0 Å². The number of amides is 1. The Bertz CT molecular complexity index is 727. The van der Waals surface area contributed by atoms with Gasteiger partial charge < -0.3 is 19.3 Å². The maximum absolute atomic E-state index is 13.2. The molecule has 0 spiro atoms. The van der Waals surface area contributed by atoms with Crippen LogP contribution in [-0.2, 0) is 11.3 Å². The van der Waals surface area contributed by atoms with Crippen molar-refractivity contribution in [3.05, 3.63) is 53.7 Å². The number of carbonyl (C=O) groups excluding carboxylic acids is 1. The second kappa shape index (κ2) is 8.67. The summed E-state index contributed by atoms with van der Waals surface area (Å²) in [6.07, 6.45) is 1.74. The lowest BCUT2D eigenvalue weighted by Crippen LogP contribution is -2.39. The van der Waals surface area contributed by atoms with E-state index >= 15 is 0 Å². The van der Waals surface area contributed by atoms with Crippen molar-refractivity contribution in [3.63, 3.8) is 0 Å². The Morgan fingerprint density at radius 1 is 1.23 bits per heavy atom. The monoisotopic (exact) mass is 355 g/mol. The van der Waals surface area contributed by atoms with E-state index in [2.05, 4.69) is 9.88 Å². The molecule has 1 amide bonds. The van der Waals surface area contributed by atoms with E-state index < -0.39 is 0 Å². The summed E-state index contributed by atoms with van der Waals surface area (Å²) in [5, 5.41) is 0. The van der Waals surface area contributed by atoms with Crippen LogP contribution in [0.15, 0.2) is 42.6 Å². The zero-order valence-electron chi connectivity index (χ0n) is 15.4. The predicted molar refractivity (Wildman–Crippen MR) is 101 cm³/mol.